The van der Waals surface area contributed by atoms with Gasteiger partial charge in [0.2, 0.25) is 0 Å². The van der Waals surface area contributed by atoms with Gasteiger partial charge in [-0.3, -0.25) is 13.7 Å². The molecular formula is C6H16O9P3. The molecule has 0 aliphatic heterocycles. The summed E-state index contributed by atoms with van der Waals surface area (Å²) in [6, 6.07) is 0. The molecule has 0 fully saturated rings. The van der Waals surface area contributed by atoms with Gasteiger partial charge in [-0.25, -0.2) is 0 Å². The van der Waals surface area contributed by atoms with E-state index in [1.54, 1.807) is 0 Å². The largest absolute Gasteiger partial charge is 0.356 e. The molecule has 0 heterocycles. The molecule has 0 bridgehead atoms. The van der Waals surface area contributed by atoms with Gasteiger partial charge < -0.3 is 29.4 Å². The molecular weight excluding hydrogens is 309 g/mol. The van der Waals surface area contributed by atoms with Crippen LogP contribution in [0.4, 0.5) is 0 Å². The average molecular weight is 325 g/mol. The average Bonchev–Trinajstić information content (AvgIpc) is 2.05. The molecule has 0 saturated carbocycles. The Balaban J connectivity index is 5.85. The molecule has 0 aromatic carbocycles. The highest BCUT2D eigenvalue weighted by Crippen LogP contribution is 2.84. The van der Waals surface area contributed by atoms with Gasteiger partial charge in [0.05, 0.1) is 0 Å². The van der Waals surface area contributed by atoms with Gasteiger partial charge in [0.1, 0.15) is 0 Å². The highest BCUT2D eigenvalue weighted by molar-refractivity contribution is 7.88. The Bertz CT molecular complexity index is 359. The molecule has 1 radical (unpaired) electrons. The van der Waals surface area contributed by atoms with Crippen molar-refractivity contribution >= 4 is 22.8 Å². The molecule has 6 N–H and O–H groups in total. The summed E-state index contributed by atoms with van der Waals surface area (Å²) < 4.78 is 30.0. The van der Waals surface area contributed by atoms with Crippen molar-refractivity contribution in [3.05, 3.63) is 6.92 Å². The molecule has 0 unspecified atom stereocenters. The lowest BCUT2D eigenvalue weighted by Gasteiger charge is -2.34. The van der Waals surface area contributed by atoms with Crippen LogP contribution < -0.4 is 0 Å². The Morgan fingerprint density at radius 2 is 1.11 bits per heavy atom. The molecule has 12 heteroatoms. The maximum absolute atomic E-state index is 11.2. The van der Waals surface area contributed by atoms with Crippen molar-refractivity contribution in [1.82, 2.24) is 0 Å². The minimum Gasteiger partial charge on any atom is -0.323 e. The minimum absolute atomic E-state index is 0.176. The van der Waals surface area contributed by atoms with Crippen molar-refractivity contribution in [3.63, 3.8) is 0 Å². The van der Waals surface area contributed by atoms with Crippen molar-refractivity contribution in [3.8, 4) is 0 Å². The van der Waals surface area contributed by atoms with Crippen molar-refractivity contribution in [1.29, 1.82) is 0 Å². The van der Waals surface area contributed by atoms with Crippen LogP contribution in [-0.4, -0.2) is 34.0 Å². The number of hydrogen-bond donors (Lipinski definition) is 6. The topological polar surface area (TPSA) is 173 Å². The SMILES string of the molecule is [CH2]CCCCC(P(=O)(O)O)(P(=O)(O)O)P(=O)(O)O. The lowest BCUT2D eigenvalue weighted by molar-refractivity contribution is 0.293. The number of hydrogen-bond acceptors (Lipinski definition) is 3. The molecule has 0 amide bonds. The Morgan fingerprint density at radius 1 is 0.778 bits per heavy atom. The first-order valence-corrected chi connectivity index (χ1v) is 9.61. The number of rotatable bonds is 7. The monoisotopic (exact) mass is 325 g/mol. The van der Waals surface area contributed by atoms with Gasteiger partial charge in [-0.05, 0) is 6.42 Å². The van der Waals surface area contributed by atoms with Crippen LogP contribution in [0.1, 0.15) is 25.7 Å². The molecule has 0 aromatic rings. The van der Waals surface area contributed by atoms with E-state index in [9.17, 15) is 13.7 Å². The summed E-state index contributed by atoms with van der Waals surface area (Å²) in [6.07, 6.45) is -0.631. The van der Waals surface area contributed by atoms with E-state index >= 15 is 0 Å². The lowest BCUT2D eigenvalue weighted by atomic mass is 10.2. The zero-order valence-corrected chi connectivity index (χ0v) is 12.0. The second kappa shape index (κ2) is 5.83. The smallest absolute Gasteiger partial charge is 0.323 e. The lowest BCUT2D eigenvalue weighted by Crippen LogP contribution is -2.29. The van der Waals surface area contributed by atoms with Gasteiger partial charge in [0.15, 0.2) is 0 Å². The maximum Gasteiger partial charge on any atom is 0.356 e. The summed E-state index contributed by atoms with van der Waals surface area (Å²) in [6.45, 7) is 3.41. The molecule has 0 aromatic heterocycles. The van der Waals surface area contributed by atoms with Crippen LogP contribution in [0.5, 0.6) is 0 Å². The van der Waals surface area contributed by atoms with Crippen LogP contribution in [0.25, 0.3) is 0 Å². The zero-order valence-electron chi connectivity index (χ0n) is 9.29. The Labute approximate surface area is 104 Å². The van der Waals surface area contributed by atoms with E-state index < -0.39 is 33.8 Å². The third kappa shape index (κ3) is 3.51. The molecule has 18 heavy (non-hydrogen) atoms. The van der Waals surface area contributed by atoms with Crippen LogP contribution in [0.3, 0.4) is 0 Å². The van der Waals surface area contributed by atoms with Gasteiger partial charge in [0, 0.05) is 0 Å². The van der Waals surface area contributed by atoms with E-state index in [1.807, 2.05) is 0 Å². The molecule has 0 atom stereocenters. The van der Waals surface area contributed by atoms with E-state index in [4.69, 9.17) is 29.4 Å². The minimum atomic E-state index is -5.74. The first-order valence-electron chi connectivity index (χ1n) is 4.77. The number of unbranched alkanes of at least 4 members (excludes halogenated alkanes) is 2. The standard InChI is InChI=1S/C6H16O9P3/c1-2-3-4-5-6(16(7,8)9,17(10,11)12)18(13,14)15/h1-5H2,(H2,7,8,9)(H2,10,11,12)(H2,13,14,15). The third-order valence-electron chi connectivity index (χ3n) is 2.41. The normalized spacial score (nSPS) is 14.8. The van der Waals surface area contributed by atoms with Crippen LogP contribution >= 0.6 is 22.8 Å². The van der Waals surface area contributed by atoms with E-state index in [0.717, 1.165) is 0 Å². The molecule has 0 aliphatic rings. The Hall–Kier alpha value is 0.450. The Morgan fingerprint density at radius 3 is 1.33 bits per heavy atom. The Kier molecular flexibility index (Phi) is 5.98. The molecule has 0 rings (SSSR count). The summed E-state index contributed by atoms with van der Waals surface area (Å²) in [5, 5.41) is 0. The molecule has 9 nitrogen and oxygen atoms in total. The van der Waals surface area contributed by atoms with Crippen LogP contribution in [0, 0.1) is 6.92 Å². The van der Waals surface area contributed by atoms with Gasteiger partial charge >= 0.3 is 22.8 Å². The van der Waals surface area contributed by atoms with Crippen LogP contribution in [0.2, 0.25) is 0 Å². The second-order valence-corrected chi connectivity index (χ2v) is 10.3. The highest BCUT2D eigenvalue weighted by Gasteiger charge is 2.70. The summed E-state index contributed by atoms with van der Waals surface area (Å²) in [5.41, 5.74) is 0. The van der Waals surface area contributed by atoms with Gasteiger partial charge in [-0.1, -0.05) is 26.2 Å². The quantitative estimate of drug-likeness (QED) is 0.289. The van der Waals surface area contributed by atoms with E-state index in [2.05, 4.69) is 6.92 Å². The van der Waals surface area contributed by atoms with E-state index in [0.29, 0.717) is 6.42 Å². The fourth-order valence-electron chi connectivity index (χ4n) is 1.48. The first-order chi connectivity index (χ1) is 7.81. The molecule has 0 spiro atoms. The van der Waals surface area contributed by atoms with Crippen molar-refractivity contribution < 1.29 is 43.1 Å². The maximum atomic E-state index is 11.2. The van der Waals surface area contributed by atoms with Crippen LogP contribution in [0.15, 0.2) is 0 Å². The zero-order chi connectivity index (χ0) is 14.8. The second-order valence-electron chi connectivity index (χ2n) is 3.72. The molecule has 0 aliphatic carbocycles. The van der Waals surface area contributed by atoms with Gasteiger partial charge in [-0.2, -0.15) is 0 Å². The summed E-state index contributed by atoms with van der Waals surface area (Å²) >= 11 is 0. The fourth-order valence-corrected chi connectivity index (χ4v) is 6.91. The molecule has 0 saturated heterocycles. The summed E-state index contributed by atoms with van der Waals surface area (Å²) in [4.78, 5) is 54.1. The van der Waals surface area contributed by atoms with E-state index in [1.165, 1.54) is 0 Å². The first kappa shape index (κ1) is 18.4. The molecule has 109 valence electrons. The van der Waals surface area contributed by atoms with Crippen molar-refractivity contribution in [2.24, 2.45) is 0 Å². The summed E-state index contributed by atoms with van der Waals surface area (Å²) in [5.74, 6) is 0. The van der Waals surface area contributed by atoms with Gasteiger partial charge in [0.25, 0.3) is 4.64 Å². The van der Waals surface area contributed by atoms with Gasteiger partial charge in [-0.15, -0.1) is 0 Å². The van der Waals surface area contributed by atoms with Crippen molar-refractivity contribution in [2.75, 3.05) is 0 Å². The summed E-state index contributed by atoms with van der Waals surface area (Å²) in [7, 11) is -17.2. The van der Waals surface area contributed by atoms with Crippen molar-refractivity contribution in [2.45, 2.75) is 30.3 Å². The third-order valence-corrected chi connectivity index (χ3v) is 10.6. The van der Waals surface area contributed by atoms with Crippen LogP contribution in [-0.2, 0) is 13.7 Å². The predicted molar refractivity (Wildman–Crippen MR) is 62.7 cm³/mol. The fraction of sp³-hybridized carbons (Fsp3) is 0.833. The van der Waals surface area contributed by atoms with E-state index in [-0.39, 0.29) is 12.8 Å². The predicted octanol–water partition coefficient (Wildman–Crippen LogP) is 0.568. The highest BCUT2D eigenvalue weighted by atomic mass is 31.3.